The zero-order chi connectivity index (χ0) is 11.8. The second-order valence-electron chi connectivity index (χ2n) is 6.02. The number of rotatable bonds is 1. The van der Waals surface area contributed by atoms with E-state index >= 15 is 0 Å². The fraction of sp³-hybridized carbons (Fsp3) is 0.667. The largest absolute Gasteiger partial charge is 0.298 e. The summed E-state index contributed by atoms with van der Waals surface area (Å²) in [6.45, 7) is 7.02. The van der Waals surface area contributed by atoms with Gasteiger partial charge < -0.3 is 0 Å². The summed E-state index contributed by atoms with van der Waals surface area (Å²) in [7, 11) is 0. The number of carbonyl (C=O) groups excluding carboxylic acids is 1. The minimum Gasteiger partial charge on any atom is -0.298 e. The highest BCUT2D eigenvalue weighted by atomic mass is 16.1. The topological polar surface area (TPSA) is 17.1 Å². The highest BCUT2D eigenvalue weighted by Crippen LogP contribution is 2.47. The van der Waals surface area contributed by atoms with E-state index in [1.54, 1.807) is 0 Å². The molecule has 0 spiro atoms. The van der Waals surface area contributed by atoms with Gasteiger partial charge in [0.2, 0.25) is 0 Å². The van der Waals surface area contributed by atoms with E-state index in [-0.39, 0.29) is 5.41 Å². The molecule has 88 valence electrons. The van der Waals surface area contributed by atoms with Crippen LogP contribution in [0.2, 0.25) is 0 Å². The van der Waals surface area contributed by atoms with Crippen molar-refractivity contribution in [3.05, 3.63) is 23.3 Å². The molecular formula is C15H22O. The Labute approximate surface area is 98.6 Å². The third-order valence-electron chi connectivity index (χ3n) is 4.39. The van der Waals surface area contributed by atoms with Gasteiger partial charge >= 0.3 is 0 Å². The summed E-state index contributed by atoms with van der Waals surface area (Å²) >= 11 is 0. The Balaban J connectivity index is 2.39. The SMILES string of the molecule is C[C@@H]1CCCC(C)(C)C2=CC(C=O)=CC[C@H]21. The zero-order valence-electron chi connectivity index (χ0n) is 10.6. The molecule has 0 bridgehead atoms. The lowest BCUT2D eigenvalue weighted by molar-refractivity contribution is -0.104. The first-order valence-corrected chi connectivity index (χ1v) is 6.42. The van der Waals surface area contributed by atoms with Crippen LogP contribution in [0, 0.1) is 17.3 Å². The van der Waals surface area contributed by atoms with Gasteiger partial charge in [0.05, 0.1) is 0 Å². The molecule has 2 aliphatic carbocycles. The van der Waals surface area contributed by atoms with Gasteiger partial charge in [-0.25, -0.2) is 0 Å². The second kappa shape index (κ2) is 4.20. The van der Waals surface area contributed by atoms with Crippen LogP contribution in [0.15, 0.2) is 23.3 Å². The summed E-state index contributed by atoms with van der Waals surface area (Å²) in [5.74, 6) is 1.43. The summed E-state index contributed by atoms with van der Waals surface area (Å²) in [4.78, 5) is 10.9. The van der Waals surface area contributed by atoms with Crippen molar-refractivity contribution in [2.45, 2.75) is 46.5 Å². The van der Waals surface area contributed by atoms with Crippen LogP contribution in [-0.2, 0) is 4.79 Å². The maximum absolute atomic E-state index is 10.9. The molecule has 0 aromatic heterocycles. The monoisotopic (exact) mass is 218 g/mol. The van der Waals surface area contributed by atoms with Crippen LogP contribution in [-0.4, -0.2) is 6.29 Å². The van der Waals surface area contributed by atoms with Crippen LogP contribution in [0.3, 0.4) is 0 Å². The summed E-state index contributed by atoms with van der Waals surface area (Å²) in [5.41, 5.74) is 2.67. The molecule has 2 atom stereocenters. The third-order valence-corrected chi connectivity index (χ3v) is 4.39. The number of carbonyl (C=O) groups is 1. The third kappa shape index (κ3) is 2.00. The van der Waals surface area contributed by atoms with Crippen molar-refractivity contribution in [2.75, 3.05) is 0 Å². The Morgan fingerprint density at radius 2 is 2.19 bits per heavy atom. The van der Waals surface area contributed by atoms with Crippen molar-refractivity contribution in [1.29, 1.82) is 0 Å². The van der Waals surface area contributed by atoms with Gasteiger partial charge in [-0.3, -0.25) is 4.79 Å². The Morgan fingerprint density at radius 1 is 1.44 bits per heavy atom. The number of hydrogen-bond acceptors (Lipinski definition) is 1. The quantitative estimate of drug-likeness (QED) is 0.610. The summed E-state index contributed by atoms with van der Waals surface area (Å²) in [5, 5.41) is 0. The van der Waals surface area contributed by atoms with Crippen LogP contribution in [0.1, 0.15) is 46.5 Å². The summed E-state index contributed by atoms with van der Waals surface area (Å²) in [6, 6.07) is 0. The molecule has 0 saturated heterocycles. The number of fused-ring (bicyclic) bond motifs is 1. The standard InChI is InChI=1S/C15H22O/c1-11-5-4-8-15(2,3)14-9-12(10-16)6-7-13(11)14/h6,9-11,13H,4-5,7-8H2,1-3H3/t11-,13+/m1/s1. The molecule has 0 aromatic rings. The van der Waals surface area contributed by atoms with E-state index in [2.05, 4.69) is 32.9 Å². The van der Waals surface area contributed by atoms with E-state index in [1.165, 1.54) is 24.8 Å². The van der Waals surface area contributed by atoms with Gasteiger partial charge in [0.25, 0.3) is 0 Å². The van der Waals surface area contributed by atoms with Crippen molar-refractivity contribution >= 4 is 6.29 Å². The molecule has 0 N–H and O–H groups in total. The molecule has 0 amide bonds. The maximum Gasteiger partial charge on any atom is 0.149 e. The van der Waals surface area contributed by atoms with Crippen LogP contribution in [0.25, 0.3) is 0 Å². The first-order chi connectivity index (χ1) is 7.54. The maximum atomic E-state index is 10.9. The highest BCUT2D eigenvalue weighted by Gasteiger charge is 2.35. The van der Waals surface area contributed by atoms with Crippen LogP contribution < -0.4 is 0 Å². The minimum atomic E-state index is 0.276. The molecule has 1 fully saturated rings. The first-order valence-electron chi connectivity index (χ1n) is 6.42. The number of aldehydes is 1. The summed E-state index contributed by atoms with van der Waals surface area (Å²) < 4.78 is 0. The lowest BCUT2D eigenvalue weighted by Gasteiger charge is -2.35. The van der Waals surface area contributed by atoms with Gasteiger partial charge in [0.15, 0.2) is 0 Å². The lowest BCUT2D eigenvalue weighted by Crippen LogP contribution is -2.24. The highest BCUT2D eigenvalue weighted by molar-refractivity contribution is 5.78. The predicted molar refractivity (Wildman–Crippen MR) is 67.1 cm³/mol. The van der Waals surface area contributed by atoms with Crippen molar-refractivity contribution in [2.24, 2.45) is 17.3 Å². The van der Waals surface area contributed by atoms with Crippen LogP contribution in [0.4, 0.5) is 0 Å². The van der Waals surface area contributed by atoms with Gasteiger partial charge in [-0.05, 0) is 30.1 Å². The number of allylic oxidation sites excluding steroid dienone is 4. The van der Waals surface area contributed by atoms with Gasteiger partial charge in [0, 0.05) is 5.57 Å². The molecule has 0 aromatic carbocycles. The van der Waals surface area contributed by atoms with Crippen LogP contribution >= 0.6 is 0 Å². The van der Waals surface area contributed by atoms with E-state index in [4.69, 9.17) is 0 Å². The van der Waals surface area contributed by atoms with Crippen molar-refractivity contribution in [1.82, 2.24) is 0 Å². The van der Waals surface area contributed by atoms with E-state index < -0.39 is 0 Å². The molecule has 2 rings (SSSR count). The molecule has 0 radical (unpaired) electrons. The molecule has 0 heterocycles. The molecule has 0 unspecified atom stereocenters. The van der Waals surface area contributed by atoms with Gasteiger partial charge in [-0.2, -0.15) is 0 Å². The molecule has 16 heavy (non-hydrogen) atoms. The molecular weight excluding hydrogens is 196 g/mol. The molecule has 2 aliphatic rings. The average Bonchev–Trinajstić information content (AvgIpc) is 2.37. The normalized spacial score (nSPS) is 33.2. The fourth-order valence-corrected chi connectivity index (χ4v) is 3.27. The fourth-order valence-electron chi connectivity index (χ4n) is 3.27. The Hall–Kier alpha value is -0.850. The number of hydrogen-bond donors (Lipinski definition) is 0. The first kappa shape index (κ1) is 11.6. The van der Waals surface area contributed by atoms with Crippen molar-refractivity contribution in [3.63, 3.8) is 0 Å². The van der Waals surface area contributed by atoms with Crippen molar-refractivity contribution < 1.29 is 4.79 Å². The summed E-state index contributed by atoms with van der Waals surface area (Å²) in [6.07, 6.45) is 10.2. The van der Waals surface area contributed by atoms with Gasteiger partial charge in [0.1, 0.15) is 6.29 Å². The average molecular weight is 218 g/mol. The molecule has 1 heteroatoms. The minimum absolute atomic E-state index is 0.276. The van der Waals surface area contributed by atoms with E-state index in [0.29, 0.717) is 5.92 Å². The molecule has 1 nitrogen and oxygen atoms in total. The molecule has 1 saturated carbocycles. The second-order valence-corrected chi connectivity index (χ2v) is 6.02. The Bertz CT molecular complexity index is 346. The van der Waals surface area contributed by atoms with E-state index in [9.17, 15) is 4.79 Å². The smallest absolute Gasteiger partial charge is 0.149 e. The van der Waals surface area contributed by atoms with E-state index in [0.717, 1.165) is 24.2 Å². The Morgan fingerprint density at radius 3 is 2.88 bits per heavy atom. The zero-order valence-corrected chi connectivity index (χ0v) is 10.6. The van der Waals surface area contributed by atoms with E-state index in [1.807, 2.05) is 0 Å². The predicted octanol–water partition coefficient (Wildman–Crippen LogP) is 3.90. The van der Waals surface area contributed by atoms with Crippen LogP contribution in [0.5, 0.6) is 0 Å². The lowest BCUT2D eigenvalue weighted by atomic mass is 9.70. The van der Waals surface area contributed by atoms with Gasteiger partial charge in [-0.15, -0.1) is 0 Å². The Kier molecular flexibility index (Phi) is 3.05. The van der Waals surface area contributed by atoms with Crippen molar-refractivity contribution in [3.8, 4) is 0 Å². The van der Waals surface area contributed by atoms with Gasteiger partial charge in [-0.1, -0.05) is 51.3 Å². The molecule has 0 aliphatic heterocycles.